The zero-order valence-corrected chi connectivity index (χ0v) is 56.0. The number of aliphatic carboxylic acids is 5. The Bertz CT molecular complexity index is 2940. The van der Waals surface area contributed by atoms with E-state index < -0.39 is 241 Å². The molecule has 0 aromatic heterocycles. The number of aliphatic hydroxyl groups excluding tert-OH is 2. The molecule has 550 valence electrons. The van der Waals surface area contributed by atoms with Crippen LogP contribution >= 0.6 is 11.8 Å². The van der Waals surface area contributed by atoms with Crippen molar-refractivity contribution in [2.45, 2.75) is 210 Å². The van der Waals surface area contributed by atoms with Gasteiger partial charge in [0.1, 0.15) is 66.5 Å². The van der Waals surface area contributed by atoms with Crippen molar-refractivity contribution in [2.24, 2.45) is 34.0 Å². The Kier molecular flexibility index (Phi) is 36.1. The van der Waals surface area contributed by atoms with Crippen LogP contribution in [0.5, 0.6) is 0 Å². The van der Waals surface area contributed by atoms with Gasteiger partial charge in [-0.05, 0) is 70.1 Å². The maximum absolute atomic E-state index is 14.4. The highest BCUT2D eigenvalue weighted by atomic mass is 32.2. The van der Waals surface area contributed by atoms with Crippen LogP contribution in [0.2, 0.25) is 0 Å². The summed E-state index contributed by atoms with van der Waals surface area (Å²) < 4.78 is 0. The third kappa shape index (κ3) is 28.0. The Hall–Kier alpha value is -9.31. The number of nitrogens with one attached hydrogen (secondary N) is 9. The lowest BCUT2D eigenvalue weighted by molar-refractivity contribution is -0.146. The Morgan fingerprint density at radius 2 is 0.990 bits per heavy atom. The molecule has 98 heavy (non-hydrogen) atoms. The Morgan fingerprint density at radius 1 is 0.520 bits per heavy atom. The van der Waals surface area contributed by atoms with Gasteiger partial charge >= 0.3 is 29.8 Å². The predicted molar refractivity (Wildman–Crippen MR) is 341 cm³/mol. The summed E-state index contributed by atoms with van der Waals surface area (Å²) in [5.74, 6) is -21.3. The molecule has 0 unspecified atom stereocenters. The molecule has 40 heteroatoms. The highest BCUT2D eigenvalue weighted by Gasteiger charge is 2.45. The molecule has 0 aliphatic carbocycles. The lowest BCUT2D eigenvalue weighted by atomic mass is 9.96. The number of carbonyl (C=O) groups is 17. The zero-order valence-electron chi connectivity index (χ0n) is 55.1. The standard InChI is InChI=1S/C58H93N15O24S/c1-7-26(3)43(52(91)67-34(23-42(83)84)48(87)64-31(15-17-39(77)78)47(86)68-35(24-74)57(97)98-25-36(63-29(6)76)49(88)66-33(56(95)96)12-9-19-62-58(60)61)69-53(92)45(28(5)75)71-51(90)38-14-10-20-72(38)54(93)32(16-18-40(79)80)65-50(89)37-13-11-21-73(37)55(94)44(27(4)8-2)70-46(85)30(59)22-41(81)82/h26-28,30-38,43-45,74-75H,7-25,59H2,1-6H3,(H,63,76)(H,64,87)(H,65,89)(H,66,88)(H,67,91)(H,68,86)(H,69,92)(H,70,85)(H,71,90)(H,77,78)(H,79,80)(H,81,82)(H,83,84)(H,95,96)(H4,60,61,62)/t26-,27-,28+,30-,31-,32-,33-,34-,35-,36-,37-,38-,43-,44-,45-/m0/s1. The highest BCUT2D eigenvalue weighted by Crippen LogP contribution is 2.25. The minimum absolute atomic E-state index is 0.00704. The van der Waals surface area contributed by atoms with Crippen molar-refractivity contribution in [3.63, 3.8) is 0 Å². The molecule has 0 radical (unpaired) electrons. The smallest absolute Gasteiger partial charge is 0.326 e. The molecule has 11 amide bonds. The zero-order chi connectivity index (χ0) is 74.4. The van der Waals surface area contributed by atoms with Crippen LogP contribution < -0.4 is 65.1 Å². The maximum atomic E-state index is 14.4. The number of aliphatic imine (C=N–C) groups is 1. The largest absolute Gasteiger partial charge is 0.481 e. The van der Waals surface area contributed by atoms with Crippen LogP contribution in [-0.4, -0.2) is 262 Å². The second kappa shape index (κ2) is 41.7. The molecule has 2 fully saturated rings. The molecule has 0 bridgehead atoms. The summed E-state index contributed by atoms with van der Waals surface area (Å²) in [5, 5.41) is 88.6. The molecule has 39 nitrogen and oxygen atoms in total. The molecule has 2 heterocycles. The topological polar surface area (TPSA) is 637 Å². The van der Waals surface area contributed by atoms with Gasteiger partial charge in [-0.1, -0.05) is 52.3 Å². The number of thioether (sulfide) groups is 1. The fourth-order valence-corrected chi connectivity index (χ4v) is 11.1. The Morgan fingerprint density at radius 3 is 1.49 bits per heavy atom. The Balaban J connectivity index is 2.36. The first-order chi connectivity index (χ1) is 45.9. The summed E-state index contributed by atoms with van der Waals surface area (Å²) in [6.07, 6.45) is -5.70. The Labute approximate surface area is 566 Å². The van der Waals surface area contributed by atoms with Crippen LogP contribution in [-0.2, 0) is 81.5 Å². The summed E-state index contributed by atoms with van der Waals surface area (Å²) in [7, 11) is 0. The number of nitrogens with two attached hydrogens (primary N) is 3. The van der Waals surface area contributed by atoms with Gasteiger partial charge in [0, 0.05) is 45.2 Å². The second-order valence-electron chi connectivity index (χ2n) is 23.7. The first-order valence-electron chi connectivity index (χ1n) is 31.6. The van der Waals surface area contributed by atoms with Crippen molar-refractivity contribution in [3.05, 3.63) is 0 Å². The lowest BCUT2D eigenvalue weighted by Crippen LogP contribution is -2.62. The van der Waals surface area contributed by atoms with E-state index in [1.54, 1.807) is 20.8 Å². The fraction of sp³-hybridized carbons (Fsp3) is 0.690. The molecule has 2 saturated heterocycles. The van der Waals surface area contributed by atoms with Gasteiger partial charge in [-0.25, -0.2) is 4.79 Å². The molecular weight excluding hydrogens is 1320 g/mol. The average molecular weight is 1420 g/mol. The number of carboxylic acid groups (broad SMARTS) is 5. The van der Waals surface area contributed by atoms with Crippen molar-refractivity contribution in [2.75, 3.05) is 32.0 Å². The first kappa shape index (κ1) is 84.8. The minimum Gasteiger partial charge on any atom is -0.481 e. The van der Waals surface area contributed by atoms with E-state index in [0.717, 1.165) is 18.7 Å². The van der Waals surface area contributed by atoms with Gasteiger partial charge in [0.05, 0.1) is 31.6 Å². The number of aliphatic hydroxyl groups is 2. The number of nitrogens with zero attached hydrogens (tertiary/aromatic N) is 3. The number of hydrogen-bond acceptors (Lipinski definition) is 22. The van der Waals surface area contributed by atoms with Gasteiger partial charge in [-0.2, -0.15) is 0 Å². The van der Waals surface area contributed by atoms with Crippen molar-refractivity contribution in [1.82, 2.24) is 57.7 Å². The number of amides is 11. The van der Waals surface area contributed by atoms with Crippen molar-refractivity contribution >= 4 is 118 Å². The quantitative estimate of drug-likeness (QED) is 0.0153. The molecule has 0 saturated carbocycles. The van der Waals surface area contributed by atoms with Crippen molar-refractivity contribution in [3.8, 4) is 0 Å². The van der Waals surface area contributed by atoms with E-state index in [4.69, 9.17) is 22.3 Å². The van der Waals surface area contributed by atoms with Crippen LogP contribution in [0.1, 0.15) is 131 Å². The fourth-order valence-electron chi connectivity index (χ4n) is 10.2. The van der Waals surface area contributed by atoms with E-state index in [0.29, 0.717) is 6.42 Å². The number of likely N-dealkylation sites (tertiary alicyclic amines) is 2. The predicted octanol–water partition coefficient (Wildman–Crippen LogP) is -6.78. The summed E-state index contributed by atoms with van der Waals surface area (Å²) in [6.45, 7) is 7.19. The van der Waals surface area contributed by atoms with E-state index in [2.05, 4.69) is 52.8 Å². The summed E-state index contributed by atoms with van der Waals surface area (Å²) in [5.41, 5.74) is 16.3. The molecule has 2 rings (SSSR count). The van der Waals surface area contributed by atoms with Gasteiger partial charge < -0.3 is 111 Å². The van der Waals surface area contributed by atoms with Crippen LogP contribution in [0, 0.1) is 11.8 Å². The summed E-state index contributed by atoms with van der Waals surface area (Å²) in [6, 6.07) is -19.7. The second-order valence-corrected chi connectivity index (χ2v) is 24.7. The average Bonchev–Trinajstić information content (AvgIpc) is 1.60. The van der Waals surface area contributed by atoms with E-state index in [1.807, 2.05) is 0 Å². The third-order valence-electron chi connectivity index (χ3n) is 16.0. The monoisotopic (exact) mass is 1420 g/mol. The van der Waals surface area contributed by atoms with Crippen LogP contribution in [0.4, 0.5) is 0 Å². The van der Waals surface area contributed by atoms with Gasteiger partial charge in [-0.15, -0.1) is 0 Å². The molecule has 15 atom stereocenters. The molecule has 22 N–H and O–H groups in total. The molecule has 0 aromatic rings. The molecule has 2 aliphatic rings. The number of hydrogen-bond donors (Lipinski definition) is 19. The van der Waals surface area contributed by atoms with E-state index in [1.165, 1.54) is 11.8 Å². The normalized spacial score (nSPS) is 18.2. The van der Waals surface area contributed by atoms with Crippen LogP contribution in [0.15, 0.2) is 4.99 Å². The van der Waals surface area contributed by atoms with Crippen molar-refractivity contribution in [1.29, 1.82) is 0 Å². The highest BCUT2D eigenvalue weighted by molar-refractivity contribution is 8.13. The number of rotatable bonds is 43. The molecule has 0 spiro atoms. The van der Waals surface area contributed by atoms with Gasteiger partial charge in [0.2, 0.25) is 70.1 Å². The SMILES string of the molecule is CC[C@H](C)[C@H](NC(=O)[C@@H](NC(=O)[C@@H]1CCCN1C(=O)[C@H](CCC(=O)O)NC(=O)[C@@H]1CCCN1C(=O)[C@@H](NC(=O)[C@@H](N)CC(=O)O)[C@@H](C)CC)[C@@H](C)O)C(=O)N[C@@H](CC(=O)O)C(=O)N[C@@H](CCC(=O)O)C(=O)N[C@@H](CO)C(=O)SC[C@H](NC(C)=O)C(=O)N[C@@H](CCCN=C(N)N)C(=O)O. The summed E-state index contributed by atoms with van der Waals surface area (Å²) >= 11 is 0.279. The number of carboxylic acids is 5. The van der Waals surface area contributed by atoms with Gasteiger partial charge in [-0.3, -0.25) is 81.7 Å². The number of guanidine groups is 1. The van der Waals surface area contributed by atoms with E-state index in [9.17, 15) is 112 Å². The third-order valence-corrected chi connectivity index (χ3v) is 17.1. The minimum atomic E-state index is -2.12. The number of carbonyl (C=O) groups excluding carboxylic acids is 12. The van der Waals surface area contributed by atoms with Crippen LogP contribution in [0.25, 0.3) is 0 Å². The molecule has 0 aromatic carbocycles. The molecule has 2 aliphatic heterocycles. The van der Waals surface area contributed by atoms with Crippen LogP contribution in [0.3, 0.4) is 0 Å². The van der Waals surface area contributed by atoms with Crippen molar-refractivity contribution < 1.29 is 117 Å². The van der Waals surface area contributed by atoms with E-state index >= 15 is 0 Å². The van der Waals surface area contributed by atoms with Gasteiger partial charge in [0.25, 0.3) is 0 Å². The molecular formula is C58H93N15O24S. The maximum Gasteiger partial charge on any atom is 0.326 e. The van der Waals surface area contributed by atoms with E-state index in [-0.39, 0.29) is 82.3 Å². The summed E-state index contributed by atoms with van der Waals surface area (Å²) in [4.78, 5) is 229. The van der Waals surface area contributed by atoms with Gasteiger partial charge in [0.15, 0.2) is 5.96 Å². The lowest BCUT2D eigenvalue weighted by Gasteiger charge is -2.33. The first-order valence-corrected chi connectivity index (χ1v) is 32.6.